The number of hydrogen-bond donors (Lipinski definition) is 2. The Balaban J connectivity index is 2.25. The van der Waals surface area contributed by atoms with Gasteiger partial charge in [0.05, 0.1) is 5.41 Å². The second-order valence-corrected chi connectivity index (χ2v) is 6.14. The van der Waals surface area contributed by atoms with Crippen LogP contribution < -0.4 is 11.1 Å². The predicted octanol–water partition coefficient (Wildman–Crippen LogP) is 3.07. The molecule has 19 heavy (non-hydrogen) atoms. The first-order valence-corrected chi connectivity index (χ1v) is 6.99. The first-order chi connectivity index (χ1) is 8.84. The highest BCUT2D eigenvalue weighted by molar-refractivity contribution is 5.97. The fourth-order valence-electron chi connectivity index (χ4n) is 3.11. The molecule has 104 valence electrons. The average Bonchev–Trinajstić information content (AvgIpc) is 2.65. The van der Waals surface area contributed by atoms with Crippen molar-refractivity contribution in [3.8, 4) is 0 Å². The monoisotopic (exact) mass is 260 g/mol. The molecule has 0 aromatic heterocycles. The van der Waals surface area contributed by atoms with E-state index in [4.69, 9.17) is 5.73 Å². The Morgan fingerprint density at radius 1 is 1.32 bits per heavy atom. The maximum Gasteiger partial charge on any atom is 0.231 e. The van der Waals surface area contributed by atoms with E-state index >= 15 is 0 Å². The number of carbonyl (C=O) groups excluding carboxylic acids is 1. The molecule has 2 atom stereocenters. The minimum Gasteiger partial charge on any atom is -0.327 e. The molecule has 3 nitrogen and oxygen atoms in total. The molecule has 1 aliphatic carbocycles. The van der Waals surface area contributed by atoms with Crippen LogP contribution in [-0.2, 0) is 4.79 Å². The fraction of sp³-hybridized carbons (Fsp3) is 0.562. The van der Waals surface area contributed by atoms with Crippen molar-refractivity contribution in [2.45, 2.75) is 53.0 Å². The van der Waals surface area contributed by atoms with Crippen molar-refractivity contribution in [2.75, 3.05) is 5.32 Å². The molecule has 2 rings (SSSR count). The standard InChI is InChI=1S/C16H24N2O/c1-10-8-11(2)14(12(3)9-10)18-15(19)16(4)7-5-6-13(16)17/h8-9,13H,5-7,17H2,1-4H3,(H,18,19). The molecule has 0 aliphatic heterocycles. The molecule has 1 aromatic rings. The molecule has 3 N–H and O–H groups in total. The molecular weight excluding hydrogens is 236 g/mol. The number of anilines is 1. The van der Waals surface area contributed by atoms with E-state index in [0.717, 1.165) is 36.1 Å². The largest absolute Gasteiger partial charge is 0.327 e. The molecule has 1 aromatic carbocycles. The zero-order valence-corrected chi connectivity index (χ0v) is 12.3. The van der Waals surface area contributed by atoms with Crippen molar-refractivity contribution in [1.29, 1.82) is 0 Å². The molecule has 3 heteroatoms. The zero-order chi connectivity index (χ0) is 14.2. The molecule has 2 unspecified atom stereocenters. The number of aryl methyl sites for hydroxylation is 3. The Hall–Kier alpha value is -1.35. The van der Waals surface area contributed by atoms with Crippen molar-refractivity contribution >= 4 is 11.6 Å². The summed E-state index contributed by atoms with van der Waals surface area (Å²) in [5.74, 6) is 0.0625. The van der Waals surface area contributed by atoms with Crippen molar-refractivity contribution < 1.29 is 4.79 Å². The number of hydrogen-bond acceptors (Lipinski definition) is 2. The van der Waals surface area contributed by atoms with Gasteiger partial charge in [0, 0.05) is 11.7 Å². The number of carbonyl (C=O) groups is 1. The van der Waals surface area contributed by atoms with E-state index in [1.165, 1.54) is 5.56 Å². The Morgan fingerprint density at radius 2 is 1.89 bits per heavy atom. The third-order valence-corrected chi connectivity index (χ3v) is 4.46. The quantitative estimate of drug-likeness (QED) is 0.858. The van der Waals surface area contributed by atoms with Crippen molar-refractivity contribution in [3.63, 3.8) is 0 Å². The highest BCUT2D eigenvalue weighted by atomic mass is 16.2. The molecule has 0 heterocycles. The normalized spacial score (nSPS) is 26.5. The van der Waals surface area contributed by atoms with Gasteiger partial charge in [0.25, 0.3) is 0 Å². The molecular formula is C16H24N2O. The predicted molar refractivity (Wildman–Crippen MR) is 79.2 cm³/mol. The van der Waals surface area contributed by atoms with Gasteiger partial charge in [-0.15, -0.1) is 0 Å². The second-order valence-electron chi connectivity index (χ2n) is 6.14. The third kappa shape index (κ3) is 2.52. The lowest BCUT2D eigenvalue weighted by Gasteiger charge is -2.28. The van der Waals surface area contributed by atoms with Crippen molar-refractivity contribution in [3.05, 3.63) is 28.8 Å². The van der Waals surface area contributed by atoms with Gasteiger partial charge >= 0.3 is 0 Å². The second kappa shape index (κ2) is 4.97. The summed E-state index contributed by atoms with van der Waals surface area (Å²) in [5, 5.41) is 3.10. The van der Waals surface area contributed by atoms with E-state index in [1.54, 1.807) is 0 Å². The molecule has 0 bridgehead atoms. The van der Waals surface area contributed by atoms with Gasteiger partial charge in [-0.25, -0.2) is 0 Å². The van der Waals surface area contributed by atoms with Crippen LogP contribution in [-0.4, -0.2) is 11.9 Å². The van der Waals surface area contributed by atoms with Crippen LogP contribution in [0.3, 0.4) is 0 Å². The minimum atomic E-state index is -0.427. The summed E-state index contributed by atoms with van der Waals surface area (Å²) in [6.45, 7) is 8.12. The van der Waals surface area contributed by atoms with Crippen LogP contribution in [0.4, 0.5) is 5.69 Å². The average molecular weight is 260 g/mol. The van der Waals surface area contributed by atoms with Crippen LogP contribution in [0, 0.1) is 26.2 Å². The number of nitrogens with two attached hydrogens (primary N) is 1. The van der Waals surface area contributed by atoms with Crippen molar-refractivity contribution in [1.82, 2.24) is 0 Å². The highest BCUT2D eigenvalue weighted by Crippen LogP contribution is 2.38. The van der Waals surface area contributed by atoms with E-state index in [-0.39, 0.29) is 11.9 Å². The molecule has 0 spiro atoms. The number of amides is 1. The Bertz CT molecular complexity index is 486. The number of benzene rings is 1. The van der Waals surface area contributed by atoms with Gasteiger partial charge in [-0.1, -0.05) is 24.1 Å². The Kier molecular flexibility index (Phi) is 3.68. The van der Waals surface area contributed by atoms with Crippen LogP contribution in [0.15, 0.2) is 12.1 Å². The van der Waals surface area contributed by atoms with Crippen LogP contribution in [0.25, 0.3) is 0 Å². The van der Waals surface area contributed by atoms with Gasteiger partial charge in [-0.2, -0.15) is 0 Å². The van der Waals surface area contributed by atoms with Crippen LogP contribution in [0.1, 0.15) is 42.9 Å². The highest BCUT2D eigenvalue weighted by Gasteiger charge is 2.43. The maximum absolute atomic E-state index is 12.5. The van der Waals surface area contributed by atoms with E-state index in [9.17, 15) is 4.79 Å². The summed E-state index contributed by atoms with van der Waals surface area (Å²) in [7, 11) is 0. The van der Waals surface area contributed by atoms with Gasteiger partial charge in [0.1, 0.15) is 0 Å². The summed E-state index contributed by atoms with van der Waals surface area (Å²) >= 11 is 0. The molecule has 0 saturated heterocycles. The first kappa shape index (κ1) is 14.1. The van der Waals surface area contributed by atoms with E-state index in [0.29, 0.717) is 0 Å². The molecule has 1 fully saturated rings. The Morgan fingerprint density at radius 3 is 2.37 bits per heavy atom. The minimum absolute atomic E-state index is 0.0291. The molecule has 1 amide bonds. The topological polar surface area (TPSA) is 55.1 Å². The number of rotatable bonds is 2. The smallest absolute Gasteiger partial charge is 0.231 e. The van der Waals surface area contributed by atoms with E-state index in [2.05, 4.69) is 24.4 Å². The lowest BCUT2D eigenvalue weighted by molar-refractivity contribution is -0.125. The summed E-state index contributed by atoms with van der Waals surface area (Å²) in [5.41, 5.74) is 10.1. The first-order valence-electron chi connectivity index (χ1n) is 6.99. The van der Waals surface area contributed by atoms with Gasteiger partial charge in [0.15, 0.2) is 0 Å². The third-order valence-electron chi connectivity index (χ3n) is 4.46. The SMILES string of the molecule is Cc1cc(C)c(NC(=O)C2(C)CCCC2N)c(C)c1. The van der Waals surface area contributed by atoms with E-state index < -0.39 is 5.41 Å². The van der Waals surface area contributed by atoms with E-state index in [1.807, 2.05) is 20.8 Å². The van der Waals surface area contributed by atoms with Crippen molar-refractivity contribution in [2.24, 2.45) is 11.1 Å². The lowest BCUT2D eigenvalue weighted by Crippen LogP contribution is -2.44. The lowest BCUT2D eigenvalue weighted by atomic mass is 9.84. The molecule has 1 saturated carbocycles. The van der Waals surface area contributed by atoms with Gasteiger partial charge < -0.3 is 11.1 Å². The maximum atomic E-state index is 12.5. The molecule has 1 aliphatic rings. The fourth-order valence-corrected chi connectivity index (χ4v) is 3.11. The van der Waals surface area contributed by atoms with Gasteiger partial charge in [-0.05, 0) is 51.7 Å². The van der Waals surface area contributed by atoms with Crippen LogP contribution in [0.5, 0.6) is 0 Å². The zero-order valence-electron chi connectivity index (χ0n) is 12.3. The van der Waals surface area contributed by atoms with Gasteiger partial charge in [-0.3, -0.25) is 4.79 Å². The summed E-state index contributed by atoms with van der Waals surface area (Å²) in [6.07, 6.45) is 2.86. The summed E-state index contributed by atoms with van der Waals surface area (Å²) < 4.78 is 0. The van der Waals surface area contributed by atoms with Crippen LogP contribution >= 0.6 is 0 Å². The van der Waals surface area contributed by atoms with Crippen LogP contribution in [0.2, 0.25) is 0 Å². The van der Waals surface area contributed by atoms with Gasteiger partial charge in [0.2, 0.25) is 5.91 Å². The molecule has 0 radical (unpaired) electrons. The summed E-state index contributed by atoms with van der Waals surface area (Å²) in [4.78, 5) is 12.5. The summed E-state index contributed by atoms with van der Waals surface area (Å²) in [6, 6.07) is 4.16. The number of nitrogens with one attached hydrogen (secondary N) is 1. The Labute approximate surface area is 115 Å².